The summed E-state index contributed by atoms with van der Waals surface area (Å²) < 4.78 is 6.86. The second-order valence-corrected chi connectivity index (χ2v) is 6.43. The van der Waals surface area contributed by atoms with Crippen LogP contribution >= 0.6 is 27.5 Å². The number of benzene rings is 2. The monoisotopic (exact) mass is 365 g/mol. The van der Waals surface area contributed by atoms with Crippen LogP contribution in [0.1, 0.15) is 16.7 Å². The molecule has 2 nitrogen and oxygen atoms in total. The number of hydrogen-bond donors (Lipinski definition) is 1. The van der Waals surface area contributed by atoms with E-state index in [-0.39, 0.29) is 0 Å². The second-order valence-electron chi connectivity index (χ2n) is 5.14. The van der Waals surface area contributed by atoms with Crippen LogP contribution < -0.4 is 10.1 Å². The first kappa shape index (κ1) is 14.7. The van der Waals surface area contributed by atoms with E-state index in [4.69, 9.17) is 16.3 Å². The molecular formula is C17H17BrClNO. The van der Waals surface area contributed by atoms with Crippen LogP contribution in [-0.2, 0) is 19.4 Å². The Morgan fingerprint density at radius 2 is 2.00 bits per heavy atom. The maximum Gasteiger partial charge on any atom is 0.127 e. The van der Waals surface area contributed by atoms with E-state index in [1.165, 1.54) is 16.7 Å². The van der Waals surface area contributed by atoms with Gasteiger partial charge in [-0.1, -0.05) is 28.1 Å². The van der Waals surface area contributed by atoms with E-state index >= 15 is 0 Å². The Kier molecular flexibility index (Phi) is 4.71. The smallest absolute Gasteiger partial charge is 0.127 e. The number of anilines is 1. The molecule has 1 heterocycles. The molecule has 0 saturated carbocycles. The highest BCUT2D eigenvalue weighted by molar-refractivity contribution is 9.10. The van der Waals surface area contributed by atoms with Gasteiger partial charge in [0.05, 0.1) is 6.61 Å². The number of hydrogen-bond acceptors (Lipinski definition) is 2. The third-order valence-corrected chi connectivity index (χ3v) is 4.29. The van der Waals surface area contributed by atoms with Crippen LogP contribution in [0.25, 0.3) is 0 Å². The summed E-state index contributed by atoms with van der Waals surface area (Å²) >= 11 is 9.32. The minimum Gasteiger partial charge on any atom is -0.493 e. The van der Waals surface area contributed by atoms with Crippen LogP contribution in [0.5, 0.6) is 5.75 Å². The molecule has 0 aromatic heterocycles. The molecule has 0 saturated heterocycles. The second kappa shape index (κ2) is 6.71. The Labute approximate surface area is 138 Å². The van der Waals surface area contributed by atoms with Crippen LogP contribution in [0, 0.1) is 0 Å². The molecule has 3 rings (SSSR count). The van der Waals surface area contributed by atoms with Crippen molar-refractivity contribution in [1.29, 1.82) is 0 Å². The Morgan fingerprint density at radius 3 is 2.76 bits per heavy atom. The summed E-state index contributed by atoms with van der Waals surface area (Å²) in [5.41, 5.74) is 4.86. The zero-order valence-electron chi connectivity index (χ0n) is 11.7. The lowest BCUT2D eigenvalue weighted by Crippen LogP contribution is -2.02. The van der Waals surface area contributed by atoms with Crippen LogP contribution in [-0.4, -0.2) is 12.5 Å². The van der Waals surface area contributed by atoms with Gasteiger partial charge in [-0.25, -0.2) is 0 Å². The van der Waals surface area contributed by atoms with Gasteiger partial charge in [0.1, 0.15) is 5.75 Å². The van der Waals surface area contributed by atoms with E-state index in [0.717, 1.165) is 41.9 Å². The molecule has 1 N–H and O–H groups in total. The van der Waals surface area contributed by atoms with Crippen molar-refractivity contribution in [3.63, 3.8) is 0 Å². The van der Waals surface area contributed by atoms with Gasteiger partial charge in [-0.2, -0.15) is 0 Å². The number of halogens is 2. The largest absolute Gasteiger partial charge is 0.493 e. The molecule has 0 radical (unpaired) electrons. The first-order valence-electron chi connectivity index (χ1n) is 7.09. The lowest BCUT2D eigenvalue weighted by Gasteiger charge is -2.11. The van der Waals surface area contributed by atoms with Crippen LogP contribution in [0.3, 0.4) is 0 Å². The highest BCUT2D eigenvalue weighted by atomic mass is 79.9. The number of fused-ring (bicyclic) bond motifs is 1. The summed E-state index contributed by atoms with van der Waals surface area (Å²) in [6.07, 6.45) is 1.91. The topological polar surface area (TPSA) is 21.3 Å². The minimum atomic E-state index is 0.661. The molecule has 2 aromatic carbocycles. The number of ether oxygens (including phenoxy) is 1. The highest BCUT2D eigenvalue weighted by Gasteiger charge is 2.17. The Morgan fingerprint density at radius 1 is 1.19 bits per heavy atom. The maximum absolute atomic E-state index is 5.75. The lowest BCUT2D eigenvalue weighted by atomic mass is 10.1. The zero-order valence-corrected chi connectivity index (χ0v) is 14.0. The number of alkyl halides is 1. The van der Waals surface area contributed by atoms with Crippen molar-refractivity contribution in [2.45, 2.75) is 19.4 Å². The Bertz CT molecular complexity index is 627. The fraction of sp³-hybridized carbons (Fsp3) is 0.294. The molecule has 0 unspecified atom stereocenters. The summed E-state index contributed by atoms with van der Waals surface area (Å²) in [4.78, 5) is 0. The average molecular weight is 367 g/mol. The molecular weight excluding hydrogens is 350 g/mol. The van der Waals surface area contributed by atoms with Crippen molar-refractivity contribution in [2.75, 3.05) is 17.8 Å². The predicted octanol–water partition coefficient (Wildman–Crippen LogP) is 4.78. The van der Waals surface area contributed by atoms with Gasteiger partial charge in [0, 0.05) is 34.6 Å². The summed E-state index contributed by atoms with van der Waals surface area (Å²) in [6, 6.07) is 12.7. The SMILES string of the molecule is ClCCc1ccc(NCc2cc(Br)cc3c2OCC3)cc1. The van der Waals surface area contributed by atoms with E-state index in [1.54, 1.807) is 0 Å². The maximum atomic E-state index is 5.75. The quantitative estimate of drug-likeness (QED) is 0.769. The first-order chi connectivity index (χ1) is 10.3. The average Bonchev–Trinajstić information content (AvgIpc) is 2.94. The van der Waals surface area contributed by atoms with Gasteiger partial charge in [0.2, 0.25) is 0 Å². The zero-order chi connectivity index (χ0) is 14.7. The first-order valence-corrected chi connectivity index (χ1v) is 8.42. The van der Waals surface area contributed by atoms with Crippen molar-refractivity contribution in [3.05, 3.63) is 57.6 Å². The molecule has 1 aliphatic heterocycles. The van der Waals surface area contributed by atoms with Crippen molar-refractivity contribution < 1.29 is 4.74 Å². The van der Waals surface area contributed by atoms with Crippen molar-refractivity contribution in [3.8, 4) is 5.75 Å². The predicted molar refractivity (Wildman–Crippen MR) is 91.5 cm³/mol. The van der Waals surface area contributed by atoms with Crippen molar-refractivity contribution in [1.82, 2.24) is 0 Å². The normalized spacial score (nSPS) is 12.9. The molecule has 0 bridgehead atoms. The molecule has 0 spiro atoms. The van der Waals surface area contributed by atoms with Crippen LogP contribution in [0.4, 0.5) is 5.69 Å². The fourth-order valence-corrected chi connectivity index (χ4v) is 3.34. The summed E-state index contributed by atoms with van der Waals surface area (Å²) in [6.45, 7) is 1.54. The van der Waals surface area contributed by atoms with Gasteiger partial charge in [-0.3, -0.25) is 0 Å². The van der Waals surface area contributed by atoms with Crippen LogP contribution in [0.2, 0.25) is 0 Å². The van der Waals surface area contributed by atoms with Crippen LogP contribution in [0.15, 0.2) is 40.9 Å². The molecule has 4 heteroatoms. The standard InChI is InChI=1S/C17H17BrClNO/c18-15-9-13-6-8-21-17(13)14(10-15)11-20-16-3-1-12(2-4-16)5-7-19/h1-4,9-10,20H,5-8,11H2. The van der Waals surface area contributed by atoms with Gasteiger partial charge < -0.3 is 10.1 Å². The van der Waals surface area contributed by atoms with Crippen molar-refractivity contribution >= 4 is 33.2 Å². The lowest BCUT2D eigenvalue weighted by molar-refractivity contribution is 0.354. The van der Waals surface area contributed by atoms with E-state index < -0.39 is 0 Å². The van der Waals surface area contributed by atoms with Gasteiger partial charge in [-0.05, 0) is 41.8 Å². The van der Waals surface area contributed by atoms with Gasteiger partial charge in [0.15, 0.2) is 0 Å². The fourth-order valence-electron chi connectivity index (χ4n) is 2.57. The minimum absolute atomic E-state index is 0.661. The van der Waals surface area contributed by atoms with E-state index in [1.807, 2.05) is 0 Å². The third kappa shape index (κ3) is 3.53. The number of nitrogens with one attached hydrogen (secondary N) is 1. The highest BCUT2D eigenvalue weighted by Crippen LogP contribution is 2.33. The van der Waals surface area contributed by atoms with Gasteiger partial charge in [-0.15, -0.1) is 11.6 Å². The van der Waals surface area contributed by atoms with E-state index in [2.05, 4.69) is 57.6 Å². The Balaban J connectivity index is 1.70. The Hall–Kier alpha value is -1.19. The van der Waals surface area contributed by atoms with Crippen molar-refractivity contribution in [2.24, 2.45) is 0 Å². The molecule has 0 atom stereocenters. The van der Waals surface area contributed by atoms with E-state index in [9.17, 15) is 0 Å². The molecule has 110 valence electrons. The summed E-state index contributed by atoms with van der Waals surface area (Å²) in [7, 11) is 0. The van der Waals surface area contributed by atoms with Gasteiger partial charge in [0.25, 0.3) is 0 Å². The molecule has 1 aliphatic rings. The molecule has 0 amide bonds. The molecule has 0 aliphatic carbocycles. The number of rotatable bonds is 5. The summed E-state index contributed by atoms with van der Waals surface area (Å²) in [5, 5.41) is 3.45. The van der Waals surface area contributed by atoms with Gasteiger partial charge >= 0.3 is 0 Å². The molecule has 0 fully saturated rings. The molecule has 2 aromatic rings. The third-order valence-electron chi connectivity index (χ3n) is 3.65. The van der Waals surface area contributed by atoms with E-state index in [0.29, 0.717) is 5.88 Å². The molecule has 21 heavy (non-hydrogen) atoms. The summed E-state index contributed by atoms with van der Waals surface area (Å²) in [5.74, 6) is 1.71. The number of aryl methyl sites for hydroxylation is 1.